The van der Waals surface area contributed by atoms with Gasteiger partial charge < -0.3 is 0 Å². The lowest BCUT2D eigenvalue weighted by Gasteiger charge is -1.98. The smallest absolute Gasteiger partial charge is 0.0724 e. The Kier molecular flexibility index (Phi) is 3.23. The van der Waals surface area contributed by atoms with Gasteiger partial charge in [0.05, 0.1) is 3.23 Å². The van der Waals surface area contributed by atoms with Crippen LogP contribution in [-0.4, -0.2) is 3.23 Å². The van der Waals surface area contributed by atoms with Gasteiger partial charge in [0.15, 0.2) is 0 Å². The van der Waals surface area contributed by atoms with Crippen molar-refractivity contribution in [1.29, 1.82) is 0 Å². The molecule has 0 aromatic heterocycles. The Morgan fingerprint density at radius 1 is 1.40 bits per heavy atom. The van der Waals surface area contributed by atoms with Crippen molar-refractivity contribution < 1.29 is 0 Å². The first kappa shape index (κ1) is 9.05. The van der Waals surface area contributed by atoms with Crippen LogP contribution < -0.4 is 0 Å². The molecule has 1 fully saturated rings. The van der Waals surface area contributed by atoms with Crippen LogP contribution in [0.15, 0.2) is 0 Å². The van der Waals surface area contributed by atoms with E-state index in [2.05, 4.69) is 38.8 Å². The second kappa shape index (κ2) is 3.57. The molecule has 1 atom stereocenters. The highest BCUT2D eigenvalue weighted by molar-refractivity contribution is 9.25. The molecule has 0 nitrogen and oxygen atoms in total. The molecule has 0 saturated heterocycles. The zero-order chi connectivity index (χ0) is 7.61. The summed E-state index contributed by atoms with van der Waals surface area (Å²) in [5.41, 5.74) is 0. The number of alkyl halides is 2. The van der Waals surface area contributed by atoms with Gasteiger partial charge in [0.1, 0.15) is 0 Å². The third-order valence-electron chi connectivity index (χ3n) is 2.11. The summed E-state index contributed by atoms with van der Waals surface area (Å²) in [6.07, 6.45) is 6.85. The van der Waals surface area contributed by atoms with Crippen molar-refractivity contribution in [3.8, 4) is 0 Å². The van der Waals surface area contributed by atoms with E-state index in [1.807, 2.05) is 0 Å². The van der Waals surface area contributed by atoms with Gasteiger partial charge in [0.2, 0.25) is 0 Å². The summed E-state index contributed by atoms with van der Waals surface area (Å²) < 4.78 is 0.341. The van der Waals surface area contributed by atoms with Crippen LogP contribution in [0.2, 0.25) is 0 Å². The van der Waals surface area contributed by atoms with Gasteiger partial charge in [-0.05, 0) is 18.8 Å². The molecular weight excluding hydrogens is 256 g/mol. The molecule has 0 heterocycles. The molecule has 1 aliphatic carbocycles. The van der Waals surface area contributed by atoms with Crippen LogP contribution in [0.1, 0.15) is 39.0 Å². The van der Waals surface area contributed by atoms with E-state index < -0.39 is 0 Å². The van der Waals surface area contributed by atoms with Gasteiger partial charge in [0.25, 0.3) is 0 Å². The van der Waals surface area contributed by atoms with Crippen molar-refractivity contribution in [3.05, 3.63) is 0 Å². The van der Waals surface area contributed by atoms with Gasteiger partial charge in [-0.1, -0.05) is 58.0 Å². The molecule has 0 N–H and O–H groups in total. The van der Waals surface area contributed by atoms with E-state index in [9.17, 15) is 0 Å². The third kappa shape index (κ3) is 2.54. The highest BCUT2D eigenvalue weighted by Gasteiger charge is 2.49. The quantitative estimate of drug-likeness (QED) is 0.533. The fraction of sp³-hybridized carbons (Fsp3) is 1.00. The molecule has 10 heavy (non-hydrogen) atoms. The SMILES string of the molecule is CCCCC[C@H]1CC1(Br)Br. The number of unbranched alkanes of at least 4 members (excludes halogenated alkanes) is 2. The molecule has 2 heteroatoms. The van der Waals surface area contributed by atoms with E-state index in [0.29, 0.717) is 3.23 Å². The Labute approximate surface area is 80.0 Å². The molecular formula is C8H14Br2. The van der Waals surface area contributed by atoms with Crippen LogP contribution in [0.5, 0.6) is 0 Å². The Hall–Kier alpha value is 0.960. The number of hydrogen-bond donors (Lipinski definition) is 0. The fourth-order valence-corrected chi connectivity index (χ4v) is 2.46. The summed E-state index contributed by atoms with van der Waals surface area (Å²) in [7, 11) is 0. The zero-order valence-corrected chi connectivity index (χ0v) is 9.54. The van der Waals surface area contributed by atoms with Crippen molar-refractivity contribution in [2.75, 3.05) is 0 Å². The van der Waals surface area contributed by atoms with Crippen LogP contribution in [0, 0.1) is 5.92 Å². The molecule has 1 saturated carbocycles. The van der Waals surface area contributed by atoms with Gasteiger partial charge in [-0.3, -0.25) is 0 Å². The molecule has 1 rings (SSSR count). The maximum absolute atomic E-state index is 3.62. The van der Waals surface area contributed by atoms with Crippen LogP contribution in [0.3, 0.4) is 0 Å². The molecule has 1 aliphatic rings. The third-order valence-corrected chi connectivity index (χ3v) is 4.05. The maximum atomic E-state index is 3.62. The van der Waals surface area contributed by atoms with E-state index in [1.54, 1.807) is 0 Å². The second-order valence-electron chi connectivity index (χ2n) is 3.16. The molecule has 0 unspecified atom stereocenters. The summed E-state index contributed by atoms with van der Waals surface area (Å²) in [6, 6.07) is 0. The maximum Gasteiger partial charge on any atom is 0.0837 e. The molecule has 0 aliphatic heterocycles. The highest BCUT2D eigenvalue weighted by Crippen LogP contribution is 2.58. The number of rotatable bonds is 4. The van der Waals surface area contributed by atoms with Crippen molar-refractivity contribution >= 4 is 31.9 Å². The lowest BCUT2D eigenvalue weighted by atomic mass is 10.1. The summed E-state index contributed by atoms with van der Waals surface area (Å²) >= 11 is 7.24. The molecule has 0 spiro atoms. The normalized spacial score (nSPS) is 28.5. The van der Waals surface area contributed by atoms with E-state index in [0.717, 1.165) is 5.92 Å². The van der Waals surface area contributed by atoms with Crippen LogP contribution in [0.25, 0.3) is 0 Å². The molecule has 60 valence electrons. The first-order valence-corrected chi connectivity index (χ1v) is 5.63. The minimum absolute atomic E-state index is 0.341. The fourth-order valence-electron chi connectivity index (χ4n) is 1.22. The van der Waals surface area contributed by atoms with Crippen LogP contribution in [0.4, 0.5) is 0 Å². The van der Waals surface area contributed by atoms with Gasteiger partial charge in [0, 0.05) is 0 Å². The Morgan fingerprint density at radius 3 is 2.40 bits per heavy atom. The summed E-state index contributed by atoms with van der Waals surface area (Å²) in [4.78, 5) is 0. The first-order valence-electron chi connectivity index (χ1n) is 4.04. The van der Waals surface area contributed by atoms with Crippen molar-refractivity contribution in [2.24, 2.45) is 5.92 Å². The summed E-state index contributed by atoms with van der Waals surface area (Å²) in [5, 5.41) is 0. The first-order chi connectivity index (χ1) is 4.67. The van der Waals surface area contributed by atoms with E-state index in [-0.39, 0.29) is 0 Å². The lowest BCUT2D eigenvalue weighted by Crippen LogP contribution is -1.88. The van der Waals surface area contributed by atoms with Gasteiger partial charge >= 0.3 is 0 Å². The molecule has 0 aromatic carbocycles. The predicted octanol–water partition coefficient (Wildman–Crippen LogP) is 4.07. The largest absolute Gasteiger partial charge is 0.0837 e. The number of halogens is 2. The monoisotopic (exact) mass is 268 g/mol. The van der Waals surface area contributed by atoms with Crippen LogP contribution in [-0.2, 0) is 0 Å². The average molecular weight is 270 g/mol. The van der Waals surface area contributed by atoms with Crippen molar-refractivity contribution in [2.45, 2.75) is 42.3 Å². The average Bonchev–Trinajstić information content (AvgIpc) is 2.41. The van der Waals surface area contributed by atoms with Gasteiger partial charge in [-0.15, -0.1) is 0 Å². The van der Waals surface area contributed by atoms with E-state index >= 15 is 0 Å². The minimum atomic E-state index is 0.341. The summed E-state index contributed by atoms with van der Waals surface area (Å²) in [5.74, 6) is 0.902. The second-order valence-corrected chi connectivity index (χ2v) is 7.05. The zero-order valence-electron chi connectivity index (χ0n) is 6.37. The molecule has 0 bridgehead atoms. The Bertz CT molecular complexity index is 110. The van der Waals surface area contributed by atoms with Crippen LogP contribution >= 0.6 is 31.9 Å². The number of hydrogen-bond acceptors (Lipinski definition) is 0. The lowest BCUT2D eigenvalue weighted by molar-refractivity contribution is 0.620. The van der Waals surface area contributed by atoms with E-state index in [4.69, 9.17) is 0 Å². The van der Waals surface area contributed by atoms with Crippen molar-refractivity contribution in [1.82, 2.24) is 0 Å². The topological polar surface area (TPSA) is 0 Å². The van der Waals surface area contributed by atoms with Gasteiger partial charge in [-0.25, -0.2) is 0 Å². The summed E-state index contributed by atoms with van der Waals surface area (Å²) in [6.45, 7) is 2.25. The highest BCUT2D eigenvalue weighted by atomic mass is 79.9. The van der Waals surface area contributed by atoms with Crippen molar-refractivity contribution in [3.63, 3.8) is 0 Å². The molecule has 0 radical (unpaired) electrons. The molecule has 0 aromatic rings. The standard InChI is InChI=1S/C8H14Br2/c1-2-3-4-5-7-6-8(7,9)10/h7H,2-6H2,1H3/t7-/m0/s1. The van der Waals surface area contributed by atoms with Gasteiger partial charge in [-0.2, -0.15) is 0 Å². The predicted molar refractivity (Wildman–Crippen MR) is 52.8 cm³/mol. The minimum Gasteiger partial charge on any atom is -0.0724 e. The molecule has 0 amide bonds. The Balaban J connectivity index is 1.97. The van der Waals surface area contributed by atoms with E-state index in [1.165, 1.54) is 32.1 Å². The Morgan fingerprint density at radius 2 is 2.00 bits per heavy atom.